The predicted molar refractivity (Wildman–Crippen MR) is 128 cm³/mol. The molecule has 1 N–H and O–H groups in total. The van der Waals surface area contributed by atoms with Gasteiger partial charge in [0.05, 0.1) is 5.69 Å². The summed E-state index contributed by atoms with van der Waals surface area (Å²) in [6.07, 6.45) is 1.77. The zero-order valence-electron chi connectivity index (χ0n) is 17.7. The van der Waals surface area contributed by atoms with Crippen molar-refractivity contribution in [2.24, 2.45) is 0 Å². The molecule has 2 heterocycles. The van der Waals surface area contributed by atoms with Crippen molar-refractivity contribution in [2.45, 2.75) is 17.8 Å². The van der Waals surface area contributed by atoms with Gasteiger partial charge in [-0.1, -0.05) is 59.8 Å². The fourth-order valence-electron chi connectivity index (χ4n) is 3.69. The van der Waals surface area contributed by atoms with Gasteiger partial charge >= 0.3 is 0 Å². The van der Waals surface area contributed by atoms with Crippen LogP contribution in [0.3, 0.4) is 0 Å². The first-order chi connectivity index (χ1) is 16.0. The van der Waals surface area contributed by atoms with E-state index in [9.17, 15) is 13.6 Å². The number of nitrogens with zero attached hydrogens (tertiary/aromatic N) is 2. The van der Waals surface area contributed by atoms with E-state index in [1.807, 2.05) is 61.5 Å². The average Bonchev–Trinajstić information content (AvgIpc) is 3.25. The summed E-state index contributed by atoms with van der Waals surface area (Å²) >= 11 is 1.19. The number of nitrogens with one attached hydrogen (secondary N) is 1. The van der Waals surface area contributed by atoms with Crippen molar-refractivity contribution < 1.29 is 8.78 Å². The highest BCUT2D eigenvalue weighted by Gasteiger charge is 2.18. The normalized spacial score (nSPS) is 11.2. The van der Waals surface area contributed by atoms with Crippen LogP contribution >= 0.6 is 11.8 Å². The second-order valence-corrected chi connectivity index (χ2v) is 8.63. The molecular weight excluding hydrogens is 440 g/mol. The van der Waals surface area contributed by atoms with E-state index in [-0.39, 0.29) is 16.9 Å². The second-order valence-electron chi connectivity index (χ2n) is 7.69. The van der Waals surface area contributed by atoms with E-state index in [0.717, 1.165) is 28.8 Å². The number of hydrogen-bond acceptors (Lipinski definition) is 3. The lowest BCUT2D eigenvalue weighted by Gasteiger charge is -2.13. The van der Waals surface area contributed by atoms with Crippen LogP contribution in [0.25, 0.3) is 27.8 Å². The molecule has 4 nitrogen and oxygen atoms in total. The van der Waals surface area contributed by atoms with Gasteiger partial charge in [-0.15, -0.1) is 0 Å². The maximum Gasteiger partial charge on any atom is 0.283 e. The van der Waals surface area contributed by atoms with Crippen LogP contribution in [-0.4, -0.2) is 14.5 Å². The number of aryl methyl sites for hydroxylation is 1. The summed E-state index contributed by atoms with van der Waals surface area (Å²) in [5.41, 5.74) is 4.32. The van der Waals surface area contributed by atoms with Crippen molar-refractivity contribution in [3.63, 3.8) is 0 Å². The van der Waals surface area contributed by atoms with Crippen LogP contribution in [-0.2, 0) is 5.75 Å². The van der Waals surface area contributed by atoms with Gasteiger partial charge in [0.2, 0.25) is 0 Å². The molecule has 5 aromatic rings. The number of H-pyrrole nitrogens is 1. The third kappa shape index (κ3) is 4.07. The first kappa shape index (κ1) is 21.2. The Morgan fingerprint density at radius 2 is 1.76 bits per heavy atom. The monoisotopic (exact) mass is 459 g/mol. The summed E-state index contributed by atoms with van der Waals surface area (Å²) in [4.78, 5) is 21.5. The smallest absolute Gasteiger partial charge is 0.283 e. The van der Waals surface area contributed by atoms with Gasteiger partial charge in [0, 0.05) is 23.1 Å². The molecule has 2 aromatic heterocycles. The van der Waals surface area contributed by atoms with E-state index in [0.29, 0.717) is 21.9 Å². The minimum absolute atomic E-state index is 0.124. The van der Waals surface area contributed by atoms with E-state index >= 15 is 0 Å². The maximum absolute atomic E-state index is 14.2. The van der Waals surface area contributed by atoms with E-state index < -0.39 is 11.6 Å². The van der Waals surface area contributed by atoms with Crippen LogP contribution in [0.5, 0.6) is 0 Å². The van der Waals surface area contributed by atoms with E-state index in [2.05, 4.69) is 4.98 Å². The third-order valence-electron chi connectivity index (χ3n) is 5.41. The van der Waals surface area contributed by atoms with Gasteiger partial charge in [0.1, 0.15) is 22.7 Å². The standard InChI is InChI=1S/C26H19F2N3OS/c1-16-7-10-20(11-8-16)31-25(32)24-23(21(14-29-24)17-5-3-2-4-6-17)30-26(31)33-15-18-13-19(27)9-12-22(18)28/h2-14,29H,15H2,1H3. The molecule has 0 saturated heterocycles. The van der Waals surface area contributed by atoms with Gasteiger partial charge in [-0.2, -0.15) is 0 Å². The number of benzene rings is 3. The van der Waals surface area contributed by atoms with Crippen molar-refractivity contribution in [1.82, 2.24) is 14.5 Å². The minimum Gasteiger partial charge on any atom is -0.355 e. The van der Waals surface area contributed by atoms with Gasteiger partial charge in [-0.05, 0) is 42.8 Å². The summed E-state index contributed by atoms with van der Waals surface area (Å²) in [5.74, 6) is -0.887. The predicted octanol–water partition coefficient (Wildman–Crippen LogP) is 6.26. The van der Waals surface area contributed by atoms with E-state index in [1.165, 1.54) is 22.4 Å². The Bertz CT molecular complexity index is 1510. The topological polar surface area (TPSA) is 50.7 Å². The molecule has 0 bridgehead atoms. The van der Waals surface area contributed by atoms with Crippen LogP contribution in [0.4, 0.5) is 8.78 Å². The highest BCUT2D eigenvalue weighted by atomic mass is 32.2. The van der Waals surface area contributed by atoms with Crippen LogP contribution in [0, 0.1) is 18.6 Å². The number of thioether (sulfide) groups is 1. The molecule has 7 heteroatoms. The SMILES string of the molecule is Cc1ccc(-n2c(SCc3cc(F)ccc3F)nc3c(-c4ccccc4)c[nH]c3c2=O)cc1. The second kappa shape index (κ2) is 8.67. The van der Waals surface area contributed by atoms with Crippen LogP contribution in [0.15, 0.2) is 88.9 Å². The Morgan fingerprint density at radius 3 is 2.52 bits per heavy atom. The molecule has 3 aromatic carbocycles. The van der Waals surface area contributed by atoms with Crippen LogP contribution < -0.4 is 5.56 Å². The number of aromatic nitrogens is 3. The van der Waals surface area contributed by atoms with Crippen LogP contribution in [0.1, 0.15) is 11.1 Å². The fraction of sp³-hybridized carbons (Fsp3) is 0.0769. The zero-order valence-corrected chi connectivity index (χ0v) is 18.5. The number of halogens is 2. The lowest BCUT2D eigenvalue weighted by molar-refractivity contribution is 0.591. The molecule has 33 heavy (non-hydrogen) atoms. The quantitative estimate of drug-likeness (QED) is 0.249. The van der Waals surface area contributed by atoms with Crippen molar-refractivity contribution in [2.75, 3.05) is 0 Å². The number of hydrogen-bond donors (Lipinski definition) is 1. The molecule has 0 aliphatic carbocycles. The largest absolute Gasteiger partial charge is 0.355 e. The molecule has 164 valence electrons. The molecule has 5 rings (SSSR count). The molecular formula is C26H19F2N3OS. The molecule has 0 saturated carbocycles. The van der Waals surface area contributed by atoms with Crippen molar-refractivity contribution in [3.8, 4) is 16.8 Å². The van der Waals surface area contributed by atoms with Crippen molar-refractivity contribution in [3.05, 3.63) is 112 Å². The lowest BCUT2D eigenvalue weighted by Crippen LogP contribution is -2.22. The molecule has 0 amide bonds. The lowest BCUT2D eigenvalue weighted by atomic mass is 10.1. The average molecular weight is 460 g/mol. The Labute approximate surface area is 192 Å². The Balaban J connectivity index is 1.68. The van der Waals surface area contributed by atoms with Gasteiger partial charge in [0.25, 0.3) is 5.56 Å². The first-order valence-corrected chi connectivity index (χ1v) is 11.3. The van der Waals surface area contributed by atoms with E-state index in [4.69, 9.17) is 4.98 Å². The van der Waals surface area contributed by atoms with E-state index in [1.54, 1.807) is 6.20 Å². The Morgan fingerprint density at radius 1 is 1.00 bits per heavy atom. The Kier molecular flexibility index (Phi) is 5.56. The van der Waals surface area contributed by atoms with Crippen molar-refractivity contribution >= 4 is 22.8 Å². The number of rotatable bonds is 5. The van der Waals surface area contributed by atoms with Gasteiger partial charge < -0.3 is 4.98 Å². The van der Waals surface area contributed by atoms with Gasteiger partial charge in [0.15, 0.2) is 5.16 Å². The number of aromatic amines is 1. The Hall–Kier alpha value is -3.71. The van der Waals surface area contributed by atoms with Gasteiger partial charge in [-0.3, -0.25) is 9.36 Å². The summed E-state index contributed by atoms with van der Waals surface area (Å²) in [6.45, 7) is 1.97. The molecule has 0 aliphatic heterocycles. The first-order valence-electron chi connectivity index (χ1n) is 10.3. The summed E-state index contributed by atoms with van der Waals surface area (Å²) in [6, 6.07) is 20.5. The molecule has 0 atom stereocenters. The highest BCUT2D eigenvalue weighted by molar-refractivity contribution is 7.98. The summed E-state index contributed by atoms with van der Waals surface area (Å²) in [5, 5.41) is 0.400. The zero-order chi connectivity index (χ0) is 22.9. The van der Waals surface area contributed by atoms with Crippen molar-refractivity contribution in [1.29, 1.82) is 0 Å². The highest BCUT2D eigenvalue weighted by Crippen LogP contribution is 2.30. The fourth-order valence-corrected chi connectivity index (χ4v) is 4.67. The summed E-state index contributed by atoms with van der Waals surface area (Å²) in [7, 11) is 0. The molecule has 0 fully saturated rings. The van der Waals surface area contributed by atoms with Gasteiger partial charge in [-0.25, -0.2) is 13.8 Å². The van der Waals surface area contributed by atoms with Crippen LogP contribution in [0.2, 0.25) is 0 Å². The molecule has 0 unspecified atom stereocenters. The number of fused-ring (bicyclic) bond motifs is 1. The summed E-state index contributed by atoms with van der Waals surface area (Å²) < 4.78 is 29.4. The molecule has 0 aliphatic rings. The minimum atomic E-state index is -0.511. The molecule has 0 spiro atoms. The molecule has 0 radical (unpaired) electrons. The third-order valence-corrected chi connectivity index (χ3v) is 6.40. The maximum atomic E-state index is 14.2.